The number of hydrogen-bond acceptors (Lipinski definition) is 4. The van der Waals surface area contributed by atoms with Crippen molar-refractivity contribution in [2.45, 2.75) is 49.9 Å². The molecule has 1 heterocycles. The van der Waals surface area contributed by atoms with Gasteiger partial charge in [-0.2, -0.15) is 13.2 Å². The van der Waals surface area contributed by atoms with Crippen LogP contribution in [0.3, 0.4) is 0 Å². The minimum atomic E-state index is -4.90. The van der Waals surface area contributed by atoms with Crippen molar-refractivity contribution in [1.29, 1.82) is 0 Å². The first-order valence-electron chi connectivity index (χ1n) is 7.95. The van der Waals surface area contributed by atoms with Gasteiger partial charge in [0.25, 0.3) is 0 Å². The molecule has 3 unspecified atom stereocenters. The molecule has 0 spiro atoms. The van der Waals surface area contributed by atoms with Crippen LogP contribution in [0.25, 0.3) is 0 Å². The number of aliphatic hydroxyl groups is 1. The van der Waals surface area contributed by atoms with Gasteiger partial charge in [0.2, 0.25) is 11.5 Å². The molecule has 4 N–H and O–H groups in total. The Balaban J connectivity index is 1.99. The zero-order valence-corrected chi connectivity index (χ0v) is 13.5. The monoisotopic (exact) mass is 348 g/mol. The number of halogens is 3. The zero-order valence-electron chi connectivity index (χ0n) is 13.5. The maximum absolute atomic E-state index is 13.3. The molecule has 1 aliphatic carbocycles. The molecule has 6 nitrogen and oxygen atoms in total. The van der Waals surface area contributed by atoms with Gasteiger partial charge in [-0.1, -0.05) is 6.42 Å². The fourth-order valence-electron chi connectivity index (χ4n) is 3.12. The molecule has 0 radical (unpaired) electrons. The van der Waals surface area contributed by atoms with Gasteiger partial charge >= 0.3 is 6.18 Å². The van der Waals surface area contributed by atoms with Crippen LogP contribution in [-0.2, 0) is 17.4 Å². The number of nitrogens with one attached hydrogen (secondary N) is 1. The summed E-state index contributed by atoms with van der Waals surface area (Å²) in [7, 11) is 1.38. The van der Waals surface area contributed by atoms with Gasteiger partial charge in [0.15, 0.2) is 0 Å². The number of nitrogens with zero attached hydrogens (tertiary/aromatic N) is 2. The van der Waals surface area contributed by atoms with E-state index in [0.717, 1.165) is 17.4 Å². The molecule has 0 saturated heterocycles. The molecule has 1 aromatic rings. The summed E-state index contributed by atoms with van der Waals surface area (Å²) in [6, 6.07) is -0.0471. The van der Waals surface area contributed by atoms with Crippen molar-refractivity contribution in [3.63, 3.8) is 0 Å². The van der Waals surface area contributed by atoms with E-state index in [1.165, 1.54) is 19.4 Å². The molecule has 24 heavy (non-hydrogen) atoms. The van der Waals surface area contributed by atoms with Crippen molar-refractivity contribution in [3.05, 3.63) is 18.2 Å². The van der Waals surface area contributed by atoms with E-state index >= 15 is 0 Å². The Labute approximate surface area is 138 Å². The molecule has 1 saturated carbocycles. The van der Waals surface area contributed by atoms with Crippen molar-refractivity contribution in [1.82, 2.24) is 14.9 Å². The van der Waals surface area contributed by atoms with E-state index in [0.29, 0.717) is 12.8 Å². The second kappa shape index (κ2) is 7.10. The topological polar surface area (TPSA) is 93.2 Å². The van der Waals surface area contributed by atoms with Crippen LogP contribution in [-0.4, -0.2) is 39.3 Å². The highest BCUT2D eigenvalue weighted by molar-refractivity contribution is 5.78. The van der Waals surface area contributed by atoms with Crippen LogP contribution < -0.4 is 11.1 Å². The highest BCUT2D eigenvalue weighted by Crippen LogP contribution is 2.40. The van der Waals surface area contributed by atoms with E-state index in [1.807, 2.05) is 0 Å². The maximum atomic E-state index is 13.3. The average molecular weight is 348 g/mol. The Kier molecular flexibility index (Phi) is 5.54. The summed E-state index contributed by atoms with van der Waals surface area (Å²) in [4.78, 5) is 15.7. The van der Waals surface area contributed by atoms with Crippen molar-refractivity contribution in [3.8, 4) is 0 Å². The summed E-state index contributed by atoms with van der Waals surface area (Å²) in [5.41, 5.74) is 2.71. The van der Waals surface area contributed by atoms with Gasteiger partial charge in [-0.15, -0.1) is 0 Å². The highest BCUT2D eigenvalue weighted by Gasteiger charge is 2.57. The SMILES string of the molecule is Cn1ccnc1C(O)(CCNC(=O)C1CCCC(N)C1)C(F)(F)F. The Morgan fingerprint density at radius 3 is 2.75 bits per heavy atom. The third-order valence-electron chi connectivity index (χ3n) is 4.53. The van der Waals surface area contributed by atoms with E-state index in [2.05, 4.69) is 10.3 Å². The van der Waals surface area contributed by atoms with Gasteiger partial charge in [0.1, 0.15) is 5.82 Å². The number of rotatable bonds is 5. The van der Waals surface area contributed by atoms with Gasteiger partial charge < -0.3 is 20.7 Å². The lowest BCUT2D eigenvalue weighted by molar-refractivity contribution is -0.272. The van der Waals surface area contributed by atoms with E-state index in [9.17, 15) is 23.1 Å². The van der Waals surface area contributed by atoms with E-state index in [-0.39, 0.29) is 24.4 Å². The summed E-state index contributed by atoms with van der Waals surface area (Å²) >= 11 is 0. The summed E-state index contributed by atoms with van der Waals surface area (Å²) in [6.45, 7) is -0.298. The number of aromatic nitrogens is 2. The van der Waals surface area contributed by atoms with Crippen LogP contribution in [0.4, 0.5) is 13.2 Å². The summed E-state index contributed by atoms with van der Waals surface area (Å²) < 4.78 is 41.2. The van der Waals surface area contributed by atoms with Crippen LogP contribution in [0.1, 0.15) is 37.9 Å². The molecular formula is C15H23F3N4O2. The van der Waals surface area contributed by atoms with Gasteiger partial charge in [-0.3, -0.25) is 4.79 Å². The zero-order chi connectivity index (χ0) is 18.0. The molecule has 1 aliphatic rings. The standard InChI is InChI=1S/C15H23F3N4O2/c1-22-8-7-21-13(22)14(24,15(16,17)18)5-6-20-12(23)10-3-2-4-11(19)9-10/h7-8,10-11,24H,2-6,9,19H2,1H3,(H,20,23). The van der Waals surface area contributed by atoms with Crippen LogP contribution in [0, 0.1) is 5.92 Å². The molecule has 0 aromatic carbocycles. The van der Waals surface area contributed by atoms with Gasteiger partial charge in [-0.05, 0) is 19.3 Å². The fourth-order valence-corrected chi connectivity index (χ4v) is 3.12. The first-order valence-corrected chi connectivity index (χ1v) is 7.95. The second-order valence-electron chi connectivity index (χ2n) is 6.38. The van der Waals surface area contributed by atoms with E-state index in [1.54, 1.807) is 0 Å². The minimum absolute atomic E-state index is 0.0471. The molecule has 1 fully saturated rings. The first kappa shape index (κ1) is 18.7. The summed E-state index contributed by atoms with van der Waals surface area (Å²) in [5, 5.41) is 12.7. The Bertz CT molecular complexity index is 575. The van der Waals surface area contributed by atoms with Crippen molar-refractivity contribution in [2.75, 3.05) is 6.54 Å². The lowest BCUT2D eigenvalue weighted by Gasteiger charge is -2.30. The Morgan fingerprint density at radius 1 is 1.50 bits per heavy atom. The molecule has 3 atom stereocenters. The fraction of sp³-hybridized carbons (Fsp3) is 0.733. The number of aryl methyl sites for hydroxylation is 1. The van der Waals surface area contributed by atoms with Crippen LogP contribution in [0.2, 0.25) is 0 Å². The molecular weight excluding hydrogens is 325 g/mol. The van der Waals surface area contributed by atoms with Crippen LogP contribution in [0.5, 0.6) is 0 Å². The number of carbonyl (C=O) groups excluding carboxylic acids is 1. The van der Waals surface area contributed by atoms with E-state index in [4.69, 9.17) is 5.73 Å². The first-order chi connectivity index (χ1) is 11.1. The Morgan fingerprint density at radius 2 is 2.21 bits per heavy atom. The molecule has 136 valence electrons. The van der Waals surface area contributed by atoms with Crippen LogP contribution in [0.15, 0.2) is 12.4 Å². The van der Waals surface area contributed by atoms with Gasteiger partial charge in [0.05, 0.1) is 0 Å². The molecule has 0 aliphatic heterocycles. The van der Waals surface area contributed by atoms with Crippen molar-refractivity contribution < 1.29 is 23.1 Å². The largest absolute Gasteiger partial charge is 0.424 e. The summed E-state index contributed by atoms with van der Waals surface area (Å²) in [6.07, 6.45) is -0.176. The number of alkyl halides is 3. The molecule has 1 amide bonds. The third-order valence-corrected chi connectivity index (χ3v) is 4.53. The number of amides is 1. The number of hydrogen-bond donors (Lipinski definition) is 3. The number of carbonyl (C=O) groups is 1. The normalized spacial score (nSPS) is 24.4. The van der Waals surface area contributed by atoms with Gasteiger partial charge in [-0.25, -0.2) is 4.98 Å². The Hall–Kier alpha value is -1.61. The smallest absolute Gasteiger partial charge is 0.374 e. The number of imidazole rings is 1. The highest BCUT2D eigenvalue weighted by atomic mass is 19.4. The minimum Gasteiger partial charge on any atom is -0.374 e. The predicted molar refractivity (Wildman–Crippen MR) is 80.7 cm³/mol. The lowest BCUT2D eigenvalue weighted by atomic mass is 9.85. The molecule has 1 aromatic heterocycles. The molecule has 2 rings (SSSR count). The predicted octanol–water partition coefficient (Wildman–Crippen LogP) is 1.19. The average Bonchev–Trinajstić information content (AvgIpc) is 2.92. The molecule has 9 heteroatoms. The van der Waals surface area contributed by atoms with Crippen LogP contribution >= 0.6 is 0 Å². The molecule has 0 bridgehead atoms. The van der Waals surface area contributed by atoms with Crippen molar-refractivity contribution >= 4 is 5.91 Å². The second-order valence-corrected chi connectivity index (χ2v) is 6.38. The maximum Gasteiger partial charge on any atom is 0.424 e. The number of nitrogens with two attached hydrogens (primary N) is 1. The summed E-state index contributed by atoms with van der Waals surface area (Å²) in [5.74, 6) is -1.08. The van der Waals surface area contributed by atoms with E-state index < -0.39 is 24.0 Å². The lowest BCUT2D eigenvalue weighted by Crippen LogP contribution is -2.47. The van der Waals surface area contributed by atoms with Gasteiger partial charge in [0, 0.05) is 44.4 Å². The van der Waals surface area contributed by atoms with Crippen molar-refractivity contribution in [2.24, 2.45) is 18.7 Å². The quantitative estimate of drug-likeness (QED) is 0.745. The third kappa shape index (κ3) is 3.89.